The van der Waals surface area contributed by atoms with Crippen LogP contribution in [0, 0.1) is 6.92 Å². The molecule has 0 unspecified atom stereocenters. The first kappa shape index (κ1) is 20.4. The lowest BCUT2D eigenvalue weighted by atomic mass is 10.2. The predicted molar refractivity (Wildman–Crippen MR) is 116 cm³/mol. The normalized spacial score (nSPS) is 10.7. The Hall–Kier alpha value is -3.31. The largest absolute Gasteiger partial charge is 0.488 e. The van der Waals surface area contributed by atoms with Gasteiger partial charge in [-0.1, -0.05) is 58.7 Å². The van der Waals surface area contributed by atoms with Crippen molar-refractivity contribution in [1.29, 1.82) is 0 Å². The molecule has 1 N–H and O–H groups in total. The van der Waals surface area contributed by atoms with E-state index in [1.165, 1.54) is 6.21 Å². The van der Waals surface area contributed by atoms with Gasteiger partial charge in [0.15, 0.2) is 6.61 Å². The highest BCUT2D eigenvalue weighted by molar-refractivity contribution is 6.30. The fourth-order valence-electron chi connectivity index (χ4n) is 2.48. The summed E-state index contributed by atoms with van der Waals surface area (Å²) in [5.41, 5.74) is 3.60. The molecule has 29 heavy (non-hydrogen) atoms. The predicted octanol–water partition coefficient (Wildman–Crippen LogP) is 5.22. The third-order valence-electron chi connectivity index (χ3n) is 4.02. The lowest BCUT2D eigenvalue weighted by Gasteiger charge is -2.09. The molecule has 0 bridgehead atoms. The maximum absolute atomic E-state index is 11.9. The Morgan fingerprint density at radius 1 is 1.03 bits per heavy atom. The number of hydrogen-bond acceptors (Lipinski definition) is 4. The van der Waals surface area contributed by atoms with Crippen LogP contribution < -0.4 is 10.1 Å². The molecule has 0 heterocycles. The number of hydrogen-bond donors (Lipinski definition) is 1. The molecular weight excluding hydrogens is 388 g/mol. The highest BCUT2D eigenvalue weighted by Crippen LogP contribution is 2.18. The van der Waals surface area contributed by atoms with Gasteiger partial charge in [-0.05, 0) is 48.9 Å². The van der Waals surface area contributed by atoms with Crippen molar-refractivity contribution in [2.75, 3.05) is 11.9 Å². The van der Waals surface area contributed by atoms with Crippen LogP contribution in [-0.2, 0) is 16.2 Å². The number of halogens is 1. The summed E-state index contributed by atoms with van der Waals surface area (Å²) < 4.78 is 5.86. The molecule has 6 heteroatoms. The van der Waals surface area contributed by atoms with Crippen LogP contribution in [0.4, 0.5) is 5.69 Å². The summed E-state index contributed by atoms with van der Waals surface area (Å²) in [4.78, 5) is 17.0. The summed E-state index contributed by atoms with van der Waals surface area (Å²) in [7, 11) is 0. The fourth-order valence-corrected chi connectivity index (χ4v) is 2.61. The summed E-state index contributed by atoms with van der Waals surface area (Å²) in [6.07, 6.45) is 1.52. The smallest absolute Gasteiger partial charge is 0.265 e. The molecular formula is C23H21ClN2O3. The van der Waals surface area contributed by atoms with Gasteiger partial charge in [0.25, 0.3) is 5.91 Å². The zero-order chi connectivity index (χ0) is 20.5. The second-order valence-electron chi connectivity index (χ2n) is 6.38. The highest BCUT2D eigenvalue weighted by Gasteiger charge is 2.04. The molecule has 0 atom stereocenters. The van der Waals surface area contributed by atoms with Gasteiger partial charge in [0.1, 0.15) is 12.4 Å². The number of amides is 1. The van der Waals surface area contributed by atoms with Gasteiger partial charge >= 0.3 is 0 Å². The van der Waals surface area contributed by atoms with E-state index in [1.807, 2.05) is 79.7 Å². The number of rotatable bonds is 8. The molecule has 3 rings (SSSR count). The molecule has 148 valence electrons. The maximum atomic E-state index is 11.9. The summed E-state index contributed by atoms with van der Waals surface area (Å²) in [5.74, 6) is 0.386. The monoisotopic (exact) mass is 408 g/mol. The van der Waals surface area contributed by atoms with Crippen LogP contribution in [0.15, 0.2) is 78.0 Å². The third-order valence-corrected chi connectivity index (χ3v) is 4.28. The van der Waals surface area contributed by atoms with Crippen LogP contribution in [0.25, 0.3) is 0 Å². The molecule has 0 spiro atoms. The second kappa shape index (κ2) is 10.3. The third kappa shape index (κ3) is 6.66. The van der Waals surface area contributed by atoms with Gasteiger partial charge in [-0.25, -0.2) is 0 Å². The molecule has 0 radical (unpaired) electrons. The molecule has 0 fully saturated rings. The first-order valence-electron chi connectivity index (χ1n) is 9.08. The van der Waals surface area contributed by atoms with Crippen molar-refractivity contribution in [3.8, 4) is 5.75 Å². The van der Waals surface area contributed by atoms with Crippen molar-refractivity contribution in [1.82, 2.24) is 0 Å². The first-order chi connectivity index (χ1) is 14.1. The SMILES string of the molecule is Cc1ccc(NC(=O)CO/N=C/c2ccccc2OCc2ccc(Cl)cc2)cc1. The minimum atomic E-state index is -0.279. The Labute approximate surface area is 174 Å². The molecule has 3 aromatic carbocycles. The van der Waals surface area contributed by atoms with Crippen LogP contribution in [0.2, 0.25) is 5.02 Å². The molecule has 0 saturated carbocycles. The quantitative estimate of drug-likeness (QED) is 0.410. The number of para-hydroxylation sites is 1. The summed E-state index contributed by atoms with van der Waals surface area (Å²) >= 11 is 5.90. The van der Waals surface area contributed by atoms with Crippen molar-refractivity contribution >= 4 is 29.4 Å². The van der Waals surface area contributed by atoms with E-state index in [1.54, 1.807) is 0 Å². The molecule has 1 amide bonds. The second-order valence-corrected chi connectivity index (χ2v) is 6.81. The van der Waals surface area contributed by atoms with E-state index in [4.69, 9.17) is 21.2 Å². The number of oxime groups is 1. The summed E-state index contributed by atoms with van der Waals surface area (Å²) in [6, 6.07) is 22.5. The minimum Gasteiger partial charge on any atom is -0.488 e. The topological polar surface area (TPSA) is 59.9 Å². The standard InChI is InChI=1S/C23H21ClN2O3/c1-17-6-12-21(13-7-17)26-23(27)16-29-25-14-19-4-2-3-5-22(19)28-15-18-8-10-20(24)11-9-18/h2-14H,15-16H2,1H3,(H,26,27)/b25-14+. The van der Waals surface area contributed by atoms with Gasteiger partial charge in [0.05, 0.1) is 6.21 Å². The molecule has 0 aliphatic carbocycles. The van der Waals surface area contributed by atoms with Gasteiger partial charge in [-0.2, -0.15) is 0 Å². The Kier molecular flexibility index (Phi) is 7.25. The highest BCUT2D eigenvalue weighted by atomic mass is 35.5. The van der Waals surface area contributed by atoms with Crippen molar-refractivity contribution in [2.45, 2.75) is 13.5 Å². The van der Waals surface area contributed by atoms with Crippen LogP contribution in [0.5, 0.6) is 5.75 Å². The molecule has 0 saturated heterocycles. The number of benzene rings is 3. The van der Waals surface area contributed by atoms with Crippen molar-refractivity contribution < 1.29 is 14.4 Å². The number of aryl methyl sites for hydroxylation is 1. The number of anilines is 1. The van der Waals surface area contributed by atoms with E-state index >= 15 is 0 Å². The Morgan fingerprint density at radius 3 is 2.52 bits per heavy atom. The van der Waals surface area contributed by atoms with Crippen LogP contribution in [0.1, 0.15) is 16.7 Å². The number of carbonyl (C=O) groups excluding carboxylic acids is 1. The molecule has 0 aromatic heterocycles. The van der Waals surface area contributed by atoms with Crippen LogP contribution in [-0.4, -0.2) is 18.7 Å². The van der Waals surface area contributed by atoms with Crippen molar-refractivity contribution in [2.24, 2.45) is 5.16 Å². The number of carbonyl (C=O) groups is 1. The summed E-state index contributed by atoms with van der Waals surface area (Å²) in [6.45, 7) is 2.21. The lowest BCUT2D eigenvalue weighted by Crippen LogP contribution is -2.16. The van der Waals surface area contributed by atoms with E-state index in [2.05, 4.69) is 10.5 Å². The zero-order valence-corrected chi connectivity index (χ0v) is 16.7. The Morgan fingerprint density at radius 2 is 1.76 bits per heavy atom. The van der Waals surface area contributed by atoms with Gasteiger partial charge in [-0.15, -0.1) is 0 Å². The fraction of sp³-hybridized carbons (Fsp3) is 0.130. The lowest BCUT2D eigenvalue weighted by molar-refractivity contribution is -0.120. The molecule has 0 aliphatic rings. The Balaban J connectivity index is 1.50. The van der Waals surface area contributed by atoms with E-state index in [0.717, 1.165) is 16.7 Å². The van der Waals surface area contributed by atoms with Crippen molar-refractivity contribution in [3.63, 3.8) is 0 Å². The molecule has 5 nitrogen and oxygen atoms in total. The Bertz CT molecular complexity index is 970. The minimum absolute atomic E-state index is 0.182. The molecule has 3 aromatic rings. The van der Waals surface area contributed by atoms with E-state index < -0.39 is 0 Å². The van der Waals surface area contributed by atoms with Gasteiger partial charge < -0.3 is 14.9 Å². The van der Waals surface area contributed by atoms with E-state index in [0.29, 0.717) is 23.1 Å². The zero-order valence-electron chi connectivity index (χ0n) is 16.0. The maximum Gasteiger partial charge on any atom is 0.265 e. The average Bonchev–Trinajstić information content (AvgIpc) is 2.73. The van der Waals surface area contributed by atoms with Crippen molar-refractivity contribution in [3.05, 3.63) is 94.5 Å². The number of nitrogens with zero attached hydrogens (tertiary/aromatic N) is 1. The molecule has 0 aliphatic heterocycles. The van der Waals surface area contributed by atoms with Gasteiger partial charge in [0.2, 0.25) is 0 Å². The first-order valence-corrected chi connectivity index (χ1v) is 9.46. The van der Waals surface area contributed by atoms with E-state index in [9.17, 15) is 4.79 Å². The van der Waals surface area contributed by atoms with Crippen LogP contribution >= 0.6 is 11.6 Å². The number of nitrogens with one attached hydrogen (secondary N) is 1. The van der Waals surface area contributed by atoms with Crippen LogP contribution in [0.3, 0.4) is 0 Å². The average molecular weight is 409 g/mol. The van der Waals surface area contributed by atoms with E-state index in [-0.39, 0.29) is 12.5 Å². The number of ether oxygens (including phenoxy) is 1. The summed E-state index contributed by atoms with van der Waals surface area (Å²) in [5, 5.41) is 7.32. The van der Waals surface area contributed by atoms with Gasteiger partial charge in [-0.3, -0.25) is 4.79 Å². The van der Waals surface area contributed by atoms with Gasteiger partial charge in [0, 0.05) is 16.3 Å².